The number of nitrogens with one attached hydrogen (secondary N) is 1. The molecule has 1 rings (SSSR count). The predicted octanol–water partition coefficient (Wildman–Crippen LogP) is 2.35. The van der Waals surface area contributed by atoms with E-state index in [4.69, 9.17) is 11.5 Å². The molecule has 0 bridgehead atoms. The average Bonchev–Trinajstić information content (AvgIpc) is 2.46. The lowest BCUT2D eigenvalue weighted by Gasteiger charge is -2.28. The maximum Gasteiger partial charge on any atom is 0.224 e. The Morgan fingerprint density at radius 2 is 2.05 bits per heavy atom. The number of rotatable bonds is 7. The van der Waals surface area contributed by atoms with Gasteiger partial charge in [0.05, 0.1) is 5.92 Å². The van der Waals surface area contributed by atoms with E-state index in [1.165, 1.54) is 0 Å². The van der Waals surface area contributed by atoms with Crippen molar-refractivity contribution in [3.8, 4) is 12.3 Å². The fourth-order valence-electron chi connectivity index (χ4n) is 2.12. The van der Waals surface area contributed by atoms with Crippen LogP contribution in [0.5, 0.6) is 0 Å². The van der Waals surface area contributed by atoms with E-state index in [0.29, 0.717) is 19.4 Å². The molecule has 1 aromatic rings. The van der Waals surface area contributed by atoms with Crippen LogP contribution in [-0.2, 0) is 11.3 Å². The second kappa shape index (κ2) is 7.72. The maximum absolute atomic E-state index is 12.3. The molecule has 1 aromatic carbocycles. The van der Waals surface area contributed by atoms with Crippen LogP contribution in [0.3, 0.4) is 0 Å². The molecule has 1 atom stereocenters. The summed E-state index contributed by atoms with van der Waals surface area (Å²) in [5, 5.41) is 11.9. The van der Waals surface area contributed by atoms with Gasteiger partial charge < -0.3 is 10.4 Å². The Kier molecular flexibility index (Phi) is 6.27. The van der Waals surface area contributed by atoms with E-state index in [1.54, 1.807) is 0 Å². The number of aliphatic hydroxyl groups is 1. The zero-order chi connectivity index (χ0) is 15.0. The lowest BCUT2D eigenvalue weighted by atomic mass is 9.76. The molecule has 0 radical (unpaired) electrons. The van der Waals surface area contributed by atoms with Crippen LogP contribution >= 0.6 is 0 Å². The molecule has 108 valence electrons. The Bertz CT molecular complexity index is 460. The molecular formula is C17H23NO2. The Morgan fingerprint density at radius 1 is 1.40 bits per heavy atom. The number of benzene rings is 1. The standard InChI is InChI=1S/C17H23NO2/c1-4-17(2,3)15(11-8-12-19)16(20)18-13-14-9-6-5-7-10-14/h1,5-7,9-10,15,19H,8,11-13H2,2-3H3,(H,18,20). The molecule has 20 heavy (non-hydrogen) atoms. The Hall–Kier alpha value is -1.79. The van der Waals surface area contributed by atoms with Crippen molar-refractivity contribution in [2.24, 2.45) is 11.3 Å². The topological polar surface area (TPSA) is 49.3 Å². The Balaban J connectivity index is 2.66. The van der Waals surface area contributed by atoms with Crippen molar-refractivity contribution in [1.29, 1.82) is 0 Å². The molecule has 0 saturated heterocycles. The monoisotopic (exact) mass is 273 g/mol. The minimum Gasteiger partial charge on any atom is -0.396 e. The summed E-state index contributed by atoms with van der Waals surface area (Å²) >= 11 is 0. The van der Waals surface area contributed by atoms with Gasteiger partial charge in [0.25, 0.3) is 0 Å². The summed E-state index contributed by atoms with van der Waals surface area (Å²) in [6, 6.07) is 9.76. The zero-order valence-corrected chi connectivity index (χ0v) is 12.2. The number of amides is 1. The van der Waals surface area contributed by atoms with E-state index in [0.717, 1.165) is 5.56 Å². The molecule has 1 unspecified atom stereocenters. The van der Waals surface area contributed by atoms with Crippen LogP contribution in [0.15, 0.2) is 30.3 Å². The van der Waals surface area contributed by atoms with Gasteiger partial charge in [-0.15, -0.1) is 6.42 Å². The van der Waals surface area contributed by atoms with Crippen LogP contribution in [0.1, 0.15) is 32.3 Å². The Labute approximate surface area is 121 Å². The van der Waals surface area contributed by atoms with Crippen molar-refractivity contribution in [3.63, 3.8) is 0 Å². The molecule has 0 aliphatic heterocycles. The summed E-state index contributed by atoms with van der Waals surface area (Å²) in [5.41, 5.74) is 0.538. The van der Waals surface area contributed by atoms with Gasteiger partial charge in [-0.05, 0) is 32.3 Å². The van der Waals surface area contributed by atoms with E-state index < -0.39 is 5.41 Å². The van der Waals surface area contributed by atoms with Gasteiger partial charge in [0.15, 0.2) is 0 Å². The molecule has 0 heterocycles. The highest BCUT2D eigenvalue weighted by Gasteiger charge is 2.32. The van der Waals surface area contributed by atoms with Crippen molar-refractivity contribution in [2.45, 2.75) is 33.2 Å². The normalized spacial score (nSPS) is 12.5. The quantitative estimate of drug-likeness (QED) is 0.749. The lowest BCUT2D eigenvalue weighted by molar-refractivity contribution is -0.128. The van der Waals surface area contributed by atoms with Gasteiger partial charge >= 0.3 is 0 Å². The molecule has 0 aliphatic carbocycles. The third-order valence-corrected chi connectivity index (χ3v) is 3.52. The predicted molar refractivity (Wildman–Crippen MR) is 80.7 cm³/mol. The SMILES string of the molecule is C#CC(C)(C)C(CCCO)C(=O)NCc1ccccc1. The van der Waals surface area contributed by atoms with E-state index in [9.17, 15) is 4.79 Å². The van der Waals surface area contributed by atoms with Crippen LogP contribution in [0, 0.1) is 23.7 Å². The highest BCUT2D eigenvalue weighted by molar-refractivity contribution is 5.79. The fourth-order valence-corrected chi connectivity index (χ4v) is 2.12. The first-order valence-corrected chi connectivity index (χ1v) is 6.91. The number of carbonyl (C=O) groups is 1. The summed E-state index contributed by atoms with van der Waals surface area (Å²) in [7, 11) is 0. The third kappa shape index (κ3) is 4.71. The molecule has 0 aromatic heterocycles. The van der Waals surface area contributed by atoms with Crippen molar-refractivity contribution >= 4 is 5.91 Å². The van der Waals surface area contributed by atoms with Gasteiger partial charge in [-0.2, -0.15) is 0 Å². The maximum atomic E-state index is 12.3. The van der Waals surface area contributed by atoms with E-state index >= 15 is 0 Å². The van der Waals surface area contributed by atoms with E-state index in [2.05, 4.69) is 11.2 Å². The van der Waals surface area contributed by atoms with Crippen molar-refractivity contribution in [1.82, 2.24) is 5.32 Å². The Morgan fingerprint density at radius 3 is 2.60 bits per heavy atom. The largest absolute Gasteiger partial charge is 0.396 e. The van der Waals surface area contributed by atoms with Crippen LogP contribution in [0.4, 0.5) is 0 Å². The number of aliphatic hydroxyl groups excluding tert-OH is 1. The molecule has 3 heteroatoms. The van der Waals surface area contributed by atoms with Crippen molar-refractivity contribution in [3.05, 3.63) is 35.9 Å². The second-order valence-electron chi connectivity index (χ2n) is 5.49. The summed E-state index contributed by atoms with van der Waals surface area (Å²) in [6.45, 7) is 4.34. The molecule has 0 fully saturated rings. The smallest absolute Gasteiger partial charge is 0.224 e. The van der Waals surface area contributed by atoms with Crippen LogP contribution in [0.2, 0.25) is 0 Å². The first-order valence-electron chi connectivity index (χ1n) is 6.91. The summed E-state index contributed by atoms with van der Waals surface area (Å²) < 4.78 is 0. The fraction of sp³-hybridized carbons (Fsp3) is 0.471. The summed E-state index contributed by atoms with van der Waals surface area (Å²) in [6.07, 6.45) is 6.70. The van der Waals surface area contributed by atoms with Crippen LogP contribution < -0.4 is 5.32 Å². The third-order valence-electron chi connectivity index (χ3n) is 3.52. The molecule has 0 saturated carbocycles. The van der Waals surface area contributed by atoms with E-state index in [1.807, 2.05) is 44.2 Å². The first-order chi connectivity index (χ1) is 9.51. The lowest BCUT2D eigenvalue weighted by Crippen LogP contribution is -2.38. The minimum absolute atomic E-state index is 0.0507. The number of hydrogen-bond acceptors (Lipinski definition) is 2. The summed E-state index contributed by atoms with van der Waals surface area (Å²) in [4.78, 5) is 12.3. The van der Waals surface area contributed by atoms with Gasteiger partial charge in [0, 0.05) is 18.6 Å². The highest BCUT2D eigenvalue weighted by atomic mass is 16.3. The summed E-state index contributed by atoms with van der Waals surface area (Å²) in [5.74, 6) is 2.35. The van der Waals surface area contributed by atoms with Gasteiger partial charge in [-0.25, -0.2) is 0 Å². The van der Waals surface area contributed by atoms with Crippen LogP contribution in [0.25, 0.3) is 0 Å². The minimum atomic E-state index is -0.518. The van der Waals surface area contributed by atoms with Crippen molar-refractivity contribution in [2.75, 3.05) is 6.61 Å². The van der Waals surface area contributed by atoms with Gasteiger partial charge in [0.1, 0.15) is 0 Å². The second-order valence-corrected chi connectivity index (χ2v) is 5.49. The van der Waals surface area contributed by atoms with Gasteiger partial charge in [0.2, 0.25) is 5.91 Å². The van der Waals surface area contributed by atoms with Gasteiger partial charge in [-0.3, -0.25) is 4.79 Å². The number of hydrogen-bond donors (Lipinski definition) is 2. The molecule has 1 amide bonds. The highest BCUT2D eigenvalue weighted by Crippen LogP contribution is 2.30. The molecular weight excluding hydrogens is 250 g/mol. The molecule has 0 aliphatic rings. The van der Waals surface area contributed by atoms with Crippen molar-refractivity contribution < 1.29 is 9.90 Å². The molecule has 3 nitrogen and oxygen atoms in total. The molecule has 2 N–H and O–H groups in total. The molecule has 0 spiro atoms. The average molecular weight is 273 g/mol. The number of terminal acetylenes is 1. The van der Waals surface area contributed by atoms with Gasteiger partial charge in [-0.1, -0.05) is 36.3 Å². The van der Waals surface area contributed by atoms with Crippen LogP contribution in [-0.4, -0.2) is 17.6 Å². The zero-order valence-electron chi connectivity index (χ0n) is 12.2. The number of carbonyl (C=O) groups excluding carboxylic acids is 1. The van der Waals surface area contributed by atoms with E-state index in [-0.39, 0.29) is 18.4 Å². The first kappa shape index (κ1) is 16.3.